The number of benzene rings is 1. The van der Waals surface area contributed by atoms with Crippen LogP contribution in [0.5, 0.6) is 0 Å². The van der Waals surface area contributed by atoms with Crippen molar-refractivity contribution in [3.05, 3.63) is 36.2 Å². The van der Waals surface area contributed by atoms with E-state index in [0.717, 1.165) is 5.56 Å². The second-order valence-corrected chi connectivity index (χ2v) is 3.09. The van der Waals surface area contributed by atoms with Crippen molar-refractivity contribution in [2.45, 2.75) is 13.0 Å². The van der Waals surface area contributed by atoms with Gasteiger partial charge in [-0.1, -0.05) is 30.3 Å². The lowest BCUT2D eigenvalue weighted by atomic mass is 10.2. The lowest BCUT2D eigenvalue weighted by molar-refractivity contribution is 0.189. The van der Waals surface area contributed by atoms with Crippen LogP contribution in [0.25, 0.3) is 11.4 Å². The van der Waals surface area contributed by atoms with Crippen LogP contribution in [0.2, 0.25) is 0 Å². The van der Waals surface area contributed by atoms with Crippen molar-refractivity contribution in [1.29, 1.82) is 0 Å². The van der Waals surface area contributed by atoms with Crippen LogP contribution >= 0.6 is 0 Å². The van der Waals surface area contributed by atoms with E-state index in [1.54, 1.807) is 6.92 Å². The molecule has 1 unspecified atom stereocenters. The van der Waals surface area contributed by atoms with Gasteiger partial charge in [-0.25, -0.2) is 4.98 Å². The number of rotatable bonds is 2. The zero-order valence-corrected chi connectivity index (χ0v) is 7.81. The summed E-state index contributed by atoms with van der Waals surface area (Å²) in [4.78, 5) is 4.16. The Morgan fingerprint density at radius 1 is 1.29 bits per heavy atom. The molecule has 1 aromatic carbocycles. The molecule has 0 aliphatic rings. The normalized spacial score (nSPS) is 12.7. The van der Waals surface area contributed by atoms with Crippen LogP contribution in [-0.2, 0) is 0 Å². The molecular weight excluding hydrogens is 178 g/mol. The molecule has 1 aromatic heterocycles. The van der Waals surface area contributed by atoms with Gasteiger partial charge in [-0.2, -0.15) is 5.10 Å². The first-order chi connectivity index (χ1) is 6.77. The molecule has 4 nitrogen and oxygen atoms in total. The summed E-state index contributed by atoms with van der Waals surface area (Å²) in [5.41, 5.74) is 0.940. The number of hydrogen-bond donors (Lipinski definition) is 2. The van der Waals surface area contributed by atoms with Crippen LogP contribution in [0.15, 0.2) is 30.3 Å². The topological polar surface area (TPSA) is 61.8 Å². The van der Waals surface area contributed by atoms with E-state index in [1.807, 2.05) is 30.3 Å². The summed E-state index contributed by atoms with van der Waals surface area (Å²) in [7, 11) is 0. The average molecular weight is 189 g/mol. The van der Waals surface area contributed by atoms with Crippen molar-refractivity contribution in [3.63, 3.8) is 0 Å². The summed E-state index contributed by atoms with van der Waals surface area (Å²) >= 11 is 0. The molecule has 72 valence electrons. The number of aromatic amines is 1. The number of nitrogens with one attached hydrogen (secondary N) is 1. The summed E-state index contributed by atoms with van der Waals surface area (Å²) in [6.07, 6.45) is -0.611. The van der Waals surface area contributed by atoms with Crippen molar-refractivity contribution in [1.82, 2.24) is 15.2 Å². The summed E-state index contributed by atoms with van der Waals surface area (Å²) in [6, 6.07) is 9.64. The fourth-order valence-corrected chi connectivity index (χ4v) is 1.18. The molecule has 0 amide bonds. The Hall–Kier alpha value is -1.68. The van der Waals surface area contributed by atoms with E-state index in [-0.39, 0.29) is 0 Å². The van der Waals surface area contributed by atoms with Crippen LogP contribution in [-0.4, -0.2) is 20.3 Å². The van der Waals surface area contributed by atoms with Gasteiger partial charge in [-0.05, 0) is 6.92 Å². The van der Waals surface area contributed by atoms with Gasteiger partial charge >= 0.3 is 0 Å². The highest BCUT2D eigenvalue weighted by Crippen LogP contribution is 2.15. The van der Waals surface area contributed by atoms with Gasteiger partial charge in [-0.15, -0.1) is 0 Å². The lowest BCUT2D eigenvalue weighted by Crippen LogP contribution is -1.93. The van der Waals surface area contributed by atoms with Gasteiger partial charge in [0.15, 0.2) is 11.6 Å². The fraction of sp³-hybridized carbons (Fsp3) is 0.200. The maximum absolute atomic E-state index is 9.25. The van der Waals surface area contributed by atoms with E-state index >= 15 is 0 Å². The Bertz CT molecular complexity index is 408. The van der Waals surface area contributed by atoms with Gasteiger partial charge in [0.2, 0.25) is 0 Å². The molecule has 1 atom stereocenters. The second-order valence-electron chi connectivity index (χ2n) is 3.09. The molecule has 0 aliphatic carbocycles. The number of H-pyrrole nitrogens is 1. The van der Waals surface area contributed by atoms with E-state index < -0.39 is 6.10 Å². The second kappa shape index (κ2) is 3.59. The molecule has 2 N–H and O–H groups in total. The molecule has 0 saturated heterocycles. The summed E-state index contributed by atoms with van der Waals surface area (Å²) in [5.74, 6) is 1.10. The molecule has 2 aromatic rings. The maximum Gasteiger partial charge on any atom is 0.181 e. The van der Waals surface area contributed by atoms with Crippen molar-refractivity contribution in [3.8, 4) is 11.4 Å². The minimum atomic E-state index is -0.611. The summed E-state index contributed by atoms with van der Waals surface area (Å²) in [6.45, 7) is 1.65. The number of aliphatic hydroxyl groups excluding tert-OH is 1. The third-order valence-corrected chi connectivity index (χ3v) is 1.93. The standard InChI is InChI=1S/C10H11N3O/c1-7(14)9-11-10(13-12-9)8-5-3-2-4-6-8/h2-7,14H,1H3,(H,11,12,13). The molecule has 0 bridgehead atoms. The van der Waals surface area contributed by atoms with E-state index in [4.69, 9.17) is 0 Å². The van der Waals surface area contributed by atoms with Crippen LogP contribution in [0.3, 0.4) is 0 Å². The van der Waals surface area contributed by atoms with Crippen LogP contribution < -0.4 is 0 Å². The SMILES string of the molecule is CC(O)c1nc(-c2ccccc2)n[nH]1. The van der Waals surface area contributed by atoms with Crippen LogP contribution in [0.4, 0.5) is 0 Å². The monoisotopic (exact) mass is 189 g/mol. The minimum Gasteiger partial charge on any atom is -0.385 e. The van der Waals surface area contributed by atoms with E-state index in [1.165, 1.54) is 0 Å². The predicted molar refractivity (Wildman–Crippen MR) is 52.5 cm³/mol. The molecule has 0 saturated carbocycles. The quantitative estimate of drug-likeness (QED) is 0.753. The summed E-state index contributed by atoms with van der Waals surface area (Å²) < 4.78 is 0. The number of hydrogen-bond acceptors (Lipinski definition) is 3. The van der Waals surface area contributed by atoms with E-state index in [2.05, 4.69) is 15.2 Å². The first-order valence-electron chi connectivity index (χ1n) is 4.43. The maximum atomic E-state index is 9.25. The van der Waals surface area contributed by atoms with Crippen molar-refractivity contribution >= 4 is 0 Å². The van der Waals surface area contributed by atoms with Crippen LogP contribution in [0, 0.1) is 0 Å². The van der Waals surface area contributed by atoms with Crippen molar-refractivity contribution in [2.75, 3.05) is 0 Å². The van der Waals surface area contributed by atoms with E-state index in [0.29, 0.717) is 11.6 Å². The van der Waals surface area contributed by atoms with Gasteiger partial charge in [0.1, 0.15) is 6.10 Å². The number of nitrogens with zero attached hydrogens (tertiary/aromatic N) is 2. The first kappa shape index (κ1) is 8.90. The van der Waals surface area contributed by atoms with Gasteiger partial charge in [-0.3, -0.25) is 5.10 Å². The van der Waals surface area contributed by atoms with E-state index in [9.17, 15) is 5.11 Å². The Kier molecular flexibility index (Phi) is 2.28. The Balaban J connectivity index is 2.34. The average Bonchev–Trinajstić information content (AvgIpc) is 2.68. The van der Waals surface area contributed by atoms with Crippen molar-refractivity contribution in [2.24, 2.45) is 0 Å². The zero-order chi connectivity index (χ0) is 9.97. The number of aromatic nitrogens is 3. The largest absolute Gasteiger partial charge is 0.385 e. The third-order valence-electron chi connectivity index (χ3n) is 1.93. The predicted octanol–water partition coefficient (Wildman–Crippen LogP) is 1.52. The molecule has 0 radical (unpaired) electrons. The third kappa shape index (κ3) is 1.65. The highest BCUT2D eigenvalue weighted by atomic mass is 16.3. The highest BCUT2D eigenvalue weighted by Gasteiger charge is 2.08. The zero-order valence-electron chi connectivity index (χ0n) is 7.81. The Labute approximate surface area is 81.6 Å². The lowest BCUT2D eigenvalue weighted by Gasteiger charge is -1.95. The van der Waals surface area contributed by atoms with Gasteiger partial charge in [0, 0.05) is 5.56 Å². The molecule has 0 aliphatic heterocycles. The fourth-order valence-electron chi connectivity index (χ4n) is 1.18. The molecule has 0 spiro atoms. The summed E-state index contributed by atoms with van der Waals surface area (Å²) in [5, 5.41) is 16.0. The smallest absolute Gasteiger partial charge is 0.181 e. The molecule has 14 heavy (non-hydrogen) atoms. The Morgan fingerprint density at radius 2 is 2.00 bits per heavy atom. The van der Waals surface area contributed by atoms with Crippen LogP contribution in [0.1, 0.15) is 18.9 Å². The molecule has 0 fully saturated rings. The highest BCUT2D eigenvalue weighted by molar-refractivity contribution is 5.53. The Morgan fingerprint density at radius 3 is 2.57 bits per heavy atom. The van der Waals surface area contributed by atoms with Crippen molar-refractivity contribution < 1.29 is 5.11 Å². The van der Waals surface area contributed by atoms with Gasteiger partial charge < -0.3 is 5.11 Å². The first-order valence-corrected chi connectivity index (χ1v) is 4.43. The molecule has 4 heteroatoms. The molecular formula is C10H11N3O. The number of aliphatic hydroxyl groups is 1. The minimum absolute atomic E-state index is 0.490. The molecule has 1 heterocycles. The van der Waals surface area contributed by atoms with Gasteiger partial charge in [0.05, 0.1) is 0 Å². The van der Waals surface area contributed by atoms with Gasteiger partial charge in [0.25, 0.3) is 0 Å². The molecule has 2 rings (SSSR count).